The van der Waals surface area contributed by atoms with Crippen molar-refractivity contribution in [3.8, 4) is 6.07 Å². The summed E-state index contributed by atoms with van der Waals surface area (Å²) >= 11 is 0. The summed E-state index contributed by atoms with van der Waals surface area (Å²) in [5, 5.41) is 12.1. The lowest BCUT2D eigenvalue weighted by Gasteiger charge is -2.25. The van der Waals surface area contributed by atoms with Gasteiger partial charge in [0.2, 0.25) is 5.91 Å². The van der Waals surface area contributed by atoms with E-state index < -0.39 is 5.91 Å². The second-order valence-electron chi connectivity index (χ2n) is 5.37. The molecule has 0 aromatic heterocycles. The number of para-hydroxylation sites is 1. The minimum atomic E-state index is -0.622. The molecule has 0 aliphatic rings. The summed E-state index contributed by atoms with van der Waals surface area (Å²) in [7, 11) is 0. The van der Waals surface area contributed by atoms with Gasteiger partial charge >= 0.3 is 0 Å². The Balaban J connectivity index is 2.05. The minimum Gasteiger partial charge on any atom is -0.311 e. The van der Waals surface area contributed by atoms with Gasteiger partial charge < -0.3 is 4.90 Å². The highest BCUT2D eigenvalue weighted by molar-refractivity contribution is 5.95. The second kappa shape index (κ2) is 7.67. The molecule has 0 heterocycles. The highest BCUT2D eigenvalue weighted by Crippen LogP contribution is 2.34. The molecule has 124 valence electrons. The fourth-order valence-electron chi connectivity index (χ4n) is 2.56. The van der Waals surface area contributed by atoms with Crippen LogP contribution in [0.25, 0.3) is 10.4 Å². The average Bonchev–Trinajstić information content (AvgIpc) is 2.70. The number of hydrogen-bond donors (Lipinski definition) is 0. The zero-order chi connectivity index (χ0) is 18.4. The molecule has 0 N–H and O–H groups in total. The molecule has 1 amide bonds. The molecule has 0 fully saturated rings. The van der Waals surface area contributed by atoms with Gasteiger partial charge in [-0.05, 0) is 71.3 Å². The Labute approximate surface area is 150 Å². The number of benzene rings is 3. The van der Waals surface area contributed by atoms with E-state index in [2.05, 4.69) is 16.1 Å². The lowest BCUT2D eigenvalue weighted by molar-refractivity contribution is 0.100. The summed E-state index contributed by atoms with van der Waals surface area (Å²) in [6, 6.07) is 25.9. The Bertz CT molecular complexity index is 999. The smallest absolute Gasteiger partial charge is 0.249 e. The number of anilines is 3. The van der Waals surface area contributed by atoms with Crippen LogP contribution in [0.4, 0.5) is 17.1 Å². The van der Waals surface area contributed by atoms with Gasteiger partial charge in [-0.2, -0.15) is 5.26 Å². The average molecular weight is 339 g/mol. The van der Waals surface area contributed by atoms with Crippen LogP contribution in [-0.4, -0.2) is 5.91 Å². The summed E-state index contributed by atoms with van der Waals surface area (Å²) < 4.78 is 0. The Kier molecular flexibility index (Phi) is 4.95. The first-order valence-corrected chi connectivity index (χ1v) is 7.78. The molecule has 3 aromatic rings. The maximum Gasteiger partial charge on any atom is 0.249 e. The number of nitriles is 1. The van der Waals surface area contributed by atoms with E-state index in [1.807, 2.05) is 47.4 Å². The van der Waals surface area contributed by atoms with Crippen LogP contribution in [0.5, 0.6) is 0 Å². The zero-order valence-electron chi connectivity index (χ0n) is 13.6. The molecular weight excluding hydrogens is 326 g/mol. The maximum atomic E-state index is 11.7. The van der Waals surface area contributed by atoms with Gasteiger partial charge in [-0.3, -0.25) is 4.79 Å². The van der Waals surface area contributed by atoms with E-state index in [1.165, 1.54) is 0 Å². The molecule has 0 radical (unpaired) electrons. The third-order valence-corrected chi connectivity index (χ3v) is 3.78. The molecule has 0 atom stereocenters. The van der Waals surface area contributed by atoms with Crippen LogP contribution in [0.2, 0.25) is 0 Å². The third-order valence-electron chi connectivity index (χ3n) is 3.78. The first-order valence-electron chi connectivity index (χ1n) is 7.78. The lowest BCUT2D eigenvalue weighted by Crippen LogP contribution is -2.10. The monoisotopic (exact) mass is 339 g/mol. The number of carbonyl (C=O) groups excluding carboxylic acids is 1. The molecule has 0 aliphatic carbocycles. The van der Waals surface area contributed by atoms with Gasteiger partial charge in [0.15, 0.2) is 0 Å². The predicted octanol–water partition coefficient (Wildman–Crippen LogP) is 5.48. The van der Waals surface area contributed by atoms with Crippen molar-refractivity contribution in [3.05, 3.63) is 100 Å². The van der Waals surface area contributed by atoms with Crippen LogP contribution >= 0.6 is 0 Å². The molecule has 0 spiro atoms. The molecule has 26 heavy (non-hydrogen) atoms. The quantitative estimate of drug-likeness (QED) is 0.358. The van der Waals surface area contributed by atoms with E-state index in [9.17, 15) is 4.79 Å². The van der Waals surface area contributed by atoms with Crippen molar-refractivity contribution in [2.75, 3.05) is 4.90 Å². The van der Waals surface area contributed by atoms with Crippen LogP contribution in [-0.2, 0) is 0 Å². The third kappa shape index (κ3) is 3.54. The Morgan fingerprint density at radius 3 is 1.96 bits per heavy atom. The number of rotatable bonds is 4. The molecule has 3 aromatic carbocycles. The Morgan fingerprint density at radius 2 is 1.42 bits per heavy atom. The highest BCUT2D eigenvalue weighted by Gasteiger charge is 2.13. The summed E-state index contributed by atoms with van der Waals surface area (Å²) in [6.45, 7) is 0. The van der Waals surface area contributed by atoms with Crippen molar-refractivity contribution in [1.29, 1.82) is 5.26 Å². The lowest BCUT2D eigenvalue weighted by atomic mass is 10.1. The fraction of sp³-hybridized carbons (Fsp3) is 0. The second-order valence-corrected chi connectivity index (χ2v) is 5.37. The van der Waals surface area contributed by atoms with Gasteiger partial charge in [-0.25, -0.2) is 0 Å². The molecular formula is C20H13N5O. The first-order chi connectivity index (χ1) is 12.7. The molecule has 3 rings (SSSR count). The Morgan fingerprint density at radius 1 is 0.885 bits per heavy atom. The van der Waals surface area contributed by atoms with Gasteiger partial charge in [0.05, 0.1) is 11.6 Å². The molecule has 0 aliphatic heterocycles. The van der Waals surface area contributed by atoms with Crippen LogP contribution in [0.15, 0.2) is 84.0 Å². The van der Waals surface area contributed by atoms with Crippen LogP contribution in [0, 0.1) is 11.3 Å². The largest absolute Gasteiger partial charge is 0.311 e. The fourth-order valence-corrected chi connectivity index (χ4v) is 2.56. The van der Waals surface area contributed by atoms with Gasteiger partial charge in [-0.1, -0.05) is 18.2 Å². The molecule has 6 nitrogen and oxygen atoms in total. The number of amides is 1. The summed E-state index contributed by atoms with van der Waals surface area (Å²) in [5.41, 5.74) is 11.9. The van der Waals surface area contributed by atoms with Crippen LogP contribution in [0.3, 0.4) is 0 Å². The van der Waals surface area contributed by atoms with Crippen molar-refractivity contribution in [2.45, 2.75) is 0 Å². The molecule has 6 heteroatoms. The molecule has 0 bridgehead atoms. The molecule has 0 unspecified atom stereocenters. The van der Waals surface area contributed by atoms with Crippen LogP contribution in [0.1, 0.15) is 15.9 Å². The van der Waals surface area contributed by atoms with Gasteiger partial charge in [0.1, 0.15) is 0 Å². The van der Waals surface area contributed by atoms with E-state index in [0.717, 1.165) is 17.1 Å². The maximum absolute atomic E-state index is 11.7. The number of hydrogen-bond acceptors (Lipinski definition) is 3. The van der Waals surface area contributed by atoms with Crippen molar-refractivity contribution < 1.29 is 4.79 Å². The van der Waals surface area contributed by atoms with Crippen molar-refractivity contribution in [1.82, 2.24) is 0 Å². The van der Waals surface area contributed by atoms with Crippen LogP contribution < -0.4 is 4.90 Å². The van der Waals surface area contributed by atoms with E-state index >= 15 is 0 Å². The van der Waals surface area contributed by atoms with Crippen molar-refractivity contribution in [3.63, 3.8) is 0 Å². The minimum absolute atomic E-state index is 0.319. The summed E-state index contributed by atoms with van der Waals surface area (Å²) in [6.07, 6.45) is 0. The van der Waals surface area contributed by atoms with Crippen molar-refractivity contribution in [2.24, 2.45) is 5.11 Å². The zero-order valence-corrected chi connectivity index (χ0v) is 13.6. The van der Waals surface area contributed by atoms with Gasteiger partial charge in [0, 0.05) is 27.5 Å². The van der Waals surface area contributed by atoms with E-state index in [1.54, 1.807) is 36.4 Å². The topological polar surface area (TPSA) is 92.9 Å². The summed E-state index contributed by atoms with van der Waals surface area (Å²) in [4.78, 5) is 16.2. The molecule has 0 saturated carbocycles. The highest BCUT2D eigenvalue weighted by atomic mass is 16.1. The van der Waals surface area contributed by atoms with Gasteiger partial charge in [-0.15, -0.1) is 0 Å². The van der Waals surface area contributed by atoms with Crippen molar-refractivity contribution >= 4 is 23.0 Å². The first kappa shape index (κ1) is 16.8. The standard InChI is InChI=1S/C20H13N5O/c21-14-15-6-10-18(11-7-15)25(17-4-2-1-3-5-17)19-12-8-16(9-13-19)20(26)23-24-22/h1-13H. The molecule has 0 saturated heterocycles. The van der Waals surface area contributed by atoms with E-state index in [4.69, 9.17) is 10.8 Å². The number of carbonyl (C=O) groups is 1. The van der Waals surface area contributed by atoms with Gasteiger partial charge in [0.25, 0.3) is 0 Å². The predicted molar refractivity (Wildman–Crippen MR) is 99.3 cm³/mol. The normalized spacial score (nSPS) is 9.65. The summed E-state index contributed by atoms with van der Waals surface area (Å²) in [5.74, 6) is -0.622. The van der Waals surface area contributed by atoms with E-state index in [0.29, 0.717) is 11.1 Å². The SMILES string of the molecule is N#Cc1ccc(N(c2ccccc2)c2ccc(C(=O)N=[N+]=[N-])cc2)cc1. The Hall–Kier alpha value is -4.07. The van der Waals surface area contributed by atoms with E-state index in [-0.39, 0.29) is 0 Å². The number of nitrogens with zero attached hydrogens (tertiary/aromatic N) is 5. The number of azide groups is 1.